The smallest absolute Gasteiger partial charge is 0.0326 e. The third kappa shape index (κ3) is 2.17. The molecule has 2 rings (SSSR count). The Bertz CT molecular complexity index is 318. The van der Waals surface area contributed by atoms with Crippen LogP contribution >= 0.6 is 22.6 Å². The van der Waals surface area contributed by atoms with Gasteiger partial charge >= 0.3 is 0 Å². The molecule has 1 heterocycles. The van der Waals surface area contributed by atoms with E-state index in [0.29, 0.717) is 12.1 Å². The van der Waals surface area contributed by atoms with Gasteiger partial charge in [-0.15, -0.1) is 6.58 Å². The predicted molar refractivity (Wildman–Crippen MR) is 68.3 cm³/mol. The average molecular weight is 299 g/mol. The molecule has 1 saturated heterocycles. The van der Waals surface area contributed by atoms with E-state index in [4.69, 9.17) is 0 Å². The number of hydrogen-bond donors (Lipinski definition) is 1. The van der Waals surface area contributed by atoms with E-state index in [2.05, 4.69) is 58.8 Å². The van der Waals surface area contributed by atoms with Crippen molar-refractivity contribution in [1.82, 2.24) is 5.32 Å². The third-order valence-electron chi connectivity index (χ3n) is 2.74. The van der Waals surface area contributed by atoms with E-state index in [0.717, 1.165) is 0 Å². The Morgan fingerprint density at radius 3 is 2.57 bits per heavy atom. The molecule has 74 valence electrons. The van der Waals surface area contributed by atoms with E-state index in [1.54, 1.807) is 0 Å². The minimum Gasteiger partial charge on any atom is -0.304 e. The molecule has 0 amide bonds. The molecule has 2 atom stereocenters. The summed E-state index contributed by atoms with van der Waals surface area (Å²) in [6, 6.07) is 9.78. The van der Waals surface area contributed by atoms with Gasteiger partial charge in [-0.1, -0.05) is 18.2 Å². The summed E-state index contributed by atoms with van der Waals surface area (Å²) in [6.07, 6.45) is 4.43. The highest BCUT2D eigenvalue weighted by molar-refractivity contribution is 14.1. The summed E-state index contributed by atoms with van der Waals surface area (Å²) in [4.78, 5) is 0. The van der Waals surface area contributed by atoms with Crippen LogP contribution in [0.1, 0.15) is 24.4 Å². The molecule has 0 radical (unpaired) electrons. The van der Waals surface area contributed by atoms with Gasteiger partial charge in [0.15, 0.2) is 0 Å². The summed E-state index contributed by atoms with van der Waals surface area (Å²) in [6.45, 7) is 3.82. The van der Waals surface area contributed by atoms with Gasteiger partial charge in [0.05, 0.1) is 0 Å². The monoisotopic (exact) mass is 299 g/mol. The lowest BCUT2D eigenvalue weighted by Gasteiger charge is -2.12. The summed E-state index contributed by atoms with van der Waals surface area (Å²) in [5.74, 6) is 0. The lowest BCUT2D eigenvalue weighted by atomic mass is 10.1. The number of rotatable bonds is 2. The van der Waals surface area contributed by atoms with Crippen LogP contribution in [0.3, 0.4) is 0 Å². The predicted octanol–water partition coefficient (Wildman–Crippen LogP) is 3.27. The second-order valence-electron chi connectivity index (χ2n) is 3.69. The molecule has 1 N–H and O–H groups in total. The molecule has 1 nitrogen and oxygen atoms in total. The molecule has 0 saturated carbocycles. The van der Waals surface area contributed by atoms with Crippen LogP contribution in [0.2, 0.25) is 0 Å². The summed E-state index contributed by atoms with van der Waals surface area (Å²) in [5, 5.41) is 3.56. The summed E-state index contributed by atoms with van der Waals surface area (Å²) < 4.78 is 1.30. The van der Waals surface area contributed by atoms with Crippen molar-refractivity contribution in [3.63, 3.8) is 0 Å². The van der Waals surface area contributed by atoms with Gasteiger partial charge in [0.1, 0.15) is 0 Å². The normalized spacial score (nSPS) is 26.4. The van der Waals surface area contributed by atoms with Crippen molar-refractivity contribution in [1.29, 1.82) is 0 Å². The maximum Gasteiger partial charge on any atom is 0.0326 e. The SMILES string of the molecule is C=CC1CCC(c2ccc(I)cc2)N1. The Hall–Kier alpha value is -0.350. The van der Waals surface area contributed by atoms with Crippen LogP contribution in [-0.2, 0) is 0 Å². The fraction of sp³-hybridized carbons (Fsp3) is 0.333. The lowest BCUT2D eigenvalue weighted by molar-refractivity contribution is 0.613. The Labute approximate surface area is 98.7 Å². The van der Waals surface area contributed by atoms with Crippen molar-refractivity contribution < 1.29 is 0 Å². The molecule has 0 aliphatic carbocycles. The first kappa shape index (κ1) is 10.2. The molecule has 0 spiro atoms. The molecule has 0 aromatic heterocycles. The first-order chi connectivity index (χ1) is 6.79. The molecule has 1 aromatic carbocycles. The van der Waals surface area contributed by atoms with Crippen molar-refractivity contribution in [2.45, 2.75) is 24.9 Å². The van der Waals surface area contributed by atoms with E-state index in [1.807, 2.05) is 6.08 Å². The number of benzene rings is 1. The van der Waals surface area contributed by atoms with Gasteiger partial charge < -0.3 is 5.32 Å². The van der Waals surface area contributed by atoms with Gasteiger partial charge in [0.25, 0.3) is 0 Å². The van der Waals surface area contributed by atoms with Crippen LogP contribution in [0, 0.1) is 3.57 Å². The minimum absolute atomic E-state index is 0.499. The molecule has 1 aliphatic rings. The molecular weight excluding hydrogens is 285 g/mol. The van der Waals surface area contributed by atoms with Crippen LogP contribution in [0.15, 0.2) is 36.9 Å². The quantitative estimate of drug-likeness (QED) is 0.653. The molecular formula is C12H14IN. The van der Waals surface area contributed by atoms with E-state index in [1.165, 1.54) is 22.0 Å². The van der Waals surface area contributed by atoms with E-state index < -0.39 is 0 Å². The number of nitrogens with one attached hydrogen (secondary N) is 1. The second kappa shape index (κ2) is 4.45. The van der Waals surface area contributed by atoms with Crippen LogP contribution in [0.4, 0.5) is 0 Å². The highest BCUT2D eigenvalue weighted by atomic mass is 127. The highest BCUT2D eigenvalue weighted by Gasteiger charge is 2.22. The third-order valence-corrected chi connectivity index (χ3v) is 3.46. The van der Waals surface area contributed by atoms with E-state index >= 15 is 0 Å². The zero-order valence-corrected chi connectivity index (χ0v) is 10.2. The van der Waals surface area contributed by atoms with Crippen molar-refractivity contribution in [3.05, 3.63) is 46.1 Å². The largest absolute Gasteiger partial charge is 0.304 e. The lowest BCUT2D eigenvalue weighted by Crippen LogP contribution is -2.21. The summed E-state index contributed by atoms with van der Waals surface area (Å²) in [7, 11) is 0. The summed E-state index contributed by atoms with van der Waals surface area (Å²) >= 11 is 2.33. The Morgan fingerprint density at radius 2 is 2.00 bits per heavy atom. The zero-order valence-electron chi connectivity index (χ0n) is 8.04. The fourth-order valence-electron chi connectivity index (χ4n) is 1.92. The summed E-state index contributed by atoms with van der Waals surface area (Å²) in [5.41, 5.74) is 1.40. The van der Waals surface area contributed by atoms with Crippen molar-refractivity contribution in [2.75, 3.05) is 0 Å². The second-order valence-corrected chi connectivity index (χ2v) is 4.94. The topological polar surface area (TPSA) is 12.0 Å². The Morgan fingerprint density at radius 1 is 1.29 bits per heavy atom. The van der Waals surface area contributed by atoms with Gasteiger partial charge in [-0.2, -0.15) is 0 Å². The van der Waals surface area contributed by atoms with Crippen LogP contribution < -0.4 is 5.32 Å². The fourth-order valence-corrected chi connectivity index (χ4v) is 2.27. The van der Waals surface area contributed by atoms with Crippen molar-refractivity contribution in [2.24, 2.45) is 0 Å². The van der Waals surface area contributed by atoms with Crippen molar-refractivity contribution >= 4 is 22.6 Å². The maximum absolute atomic E-state index is 3.82. The molecule has 1 fully saturated rings. The van der Waals surface area contributed by atoms with Gasteiger partial charge in [-0.25, -0.2) is 0 Å². The molecule has 2 unspecified atom stereocenters. The van der Waals surface area contributed by atoms with Gasteiger partial charge in [0.2, 0.25) is 0 Å². The minimum atomic E-state index is 0.499. The van der Waals surface area contributed by atoms with Gasteiger partial charge in [-0.3, -0.25) is 0 Å². The zero-order chi connectivity index (χ0) is 9.97. The average Bonchev–Trinajstić information content (AvgIpc) is 2.67. The molecule has 2 heteroatoms. The standard InChI is InChI=1S/C12H14IN/c1-2-11-7-8-12(14-11)9-3-5-10(13)6-4-9/h2-6,11-12,14H,1,7-8H2. The van der Waals surface area contributed by atoms with Gasteiger partial charge in [0, 0.05) is 15.7 Å². The van der Waals surface area contributed by atoms with Crippen LogP contribution in [-0.4, -0.2) is 6.04 Å². The van der Waals surface area contributed by atoms with E-state index in [9.17, 15) is 0 Å². The number of hydrogen-bond acceptors (Lipinski definition) is 1. The molecule has 1 aromatic rings. The molecule has 0 bridgehead atoms. The van der Waals surface area contributed by atoms with Crippen LogP contribution in [0.25, 0.3) is 0 Å². The van der Waals surface area contributed by atoms with Gasteiger partial charge in [-0.05, 0) is 53.1 Å². The Kier molecular flexibility index (Phi) is 3.23. The first-order valence-electron chi connectivity index (χ1n) is 4.93. The first-order valence-corrected chi connectivity index (χ1v) is 6.01. The number of halogens is 1. The van der Waals surface area contributed by atoms with Crippen LogP contribution in [0.5, 0.6) is 0 Å². The van der Waals surface area contributed by atoms with Crippen molar-refractivity contribution in [3.8, 4) is 0 Å². The molecule has 14 heavy (non-hydrogen) atoms. The maximum atomic E-state index is 3.82. The highest BCUT2D eigenvalue weighted by Crippen LogP contribution is 2.26. The molecule has 1 aliphatic heterocycles. The Balaban J connectivity index is 2.09. The van der Waals surface area contributed by atoms with E-state index in [-0.39, 0.29) is 0 Å².